The molecular weight excluding hydrogens is 586 g/mol. The first-order chi connectivity index (χ1) is 19.0. The molecule has 0 radical (unpaired) electrons. The van der Waals surface area contributed by atoms with Gasteiger partial charge in [-0.3, -0.25) is 4.79 Å². The molecule has 0 amide bonds. The van der Waals surface area contributed by atoms with E-state index in [-0.39, 0.29) is 26.3 Å². The van der Waals surface area contributed by atoms with Gasteiger partial charge in [0, 0.05) is 28.2 Å². The highest BCUT2D eigenvalue weighted by Gasteiger charge is 2.14. The highest BCUT2D eigenvalue weighted by Crippen LogP contribution is 2.36. The van der Waals surface area contributed by atoms with Gasteiger partial charge in [-0.05, 0) is 61.1 Å². The Hall–Kier alpha value is -3.92. The smallest absolute Gasteiger partial charge is 0.317 e. The number of hydrogen-bond acceptors (Lipinski definition) is 7. The number of hydrogen-bond donors (Lipinski definition) is 2. The van der Waals surface area contributed by atoms with Gasteiger partial charge in [-0.25, -0.2) is 4.63 Å². The first kappa shape index (κ1) is 26.7. The zero-order valence-electron chi connectivity index (χ0n) is 20.6. The van der Waals surface area contributed by atoms with Crippen molar-refractivity contribution in [2.75, 3.05) is 6.54 Å². The van der Waals surface area contributed by atoms with Crippen LogP contribution in [0.15, 0.2) is 88.0 Å². The van der Waals surface area contributed by atoms with Crippen molar-refractivity contribution in [3.05, 3.63) is 105 Å². The Bertz CT molecular complexity index is 1610. The Morgan fingerprint density at radius 2 is 1.69 bits per heavy atom. The second-order valence-electron chi connectivity index (χ2n) is 8.70. The summed E-state index contributed by atoms with van der Waals surface area (Å²) in [6, 6.07) is 25.1. The molecular formula is C29H23BrClN3O5. The third-order valence-corrected chi connectivity index (χ3v) is 7.20. The molecule has 4 aromatic carbocycles. The minimum absolute atomic E-state index is 0.198. The van der Waals surface area contributed by atoms with E-state index in [0.717, 1.165) is 26.7 Å². The lowest BCUT2D eigenvalue weighted by atomic mass is 10.0. The predicted octanol–water partition coefficient (Wildman–Crippen LogP) is 6.64. The molecule has 0 aliphatic heterocycles. The largest absolute Gasteiger partial charge is 0.488 e. The topological polar surface area (TPSA) is 107 Å². The number of aromatic nitrogens is 2. The van der Waals surface area contributed by atoms with Gasteiger partial charge in [-0.15, -0.1) is 0 Å². The Labute approximate surface area is 237 Å². The molecule has 0 bridgehead atoms. The Kier molecular flexibility index (Phi) is 8.41. The van der Waals surface area contributed by atoms with E-state index in [4.69, 9.17) is 30.8 Å². The monoisotopic (exact) mass is 607 g/mol. The summed E-state index contributed by atoms with van der Waals surface area (Å²) >= 11 is 10.3. The molecule has 0 saturated heterocycles. The normalized spacial score (nSPS) is 11.0. The van der Waals surface area contributed by atoms with Crippen molar-refractivity contribution in [2.45, 2.75) is 19.8 Å². The van der Waals surface area contributed by atoms with E-state index in [0.29, 0.717) is 33.1 Å². The lowest BCUT2D eigenvalue weighted by Crippen LogP contribution is -2.22. The molecule has 198 valence electrons. The third-order valence-electron chi connectivity index (χ3n) is 5.97. The van der Waals surface area contributed by atoms with Crippen LogP contribution in [-0.2, 0) is 24.6 Å². The van der Waals surface area contributed by atoms with Crippen molar-refractivity contribution in [3.63, 3.8) is 0 Å². The highest BCUT2D eigenvalue weighted by atomic mass is 79.9. The molecule has 0 unspecified atom stereocenters. The molecule has 0 aliphatic rings. The van der Waals surface area contributed by atoms with E-state index in [9.17, 15) is 4.79 Å². The molecule has 5 rings (SSSR count). The van der Waals surface area contributed by atoms with Crippen LogP contribution in [0.25, 0.3) is 22.2 Å². The van der Waals surface area contributed by atoms with E-state index in [1.165, 1.54) is 0 Å². The fourth-order valence-electron chi connectivity index (χ4n) is 4.03. The third kappa shape index (κ3) is 6.57. The summed E-state index contributed by atoms with van der Waals surface area (Å²) in [5.74, 6) is 0.00550. The van der Waals surface area contributed by atoms with Crippen molar-refractivity contribution in [3.8, 4) is 22.6 Å². The number of halogens is 2. The van der Waals surface area contributed by atoms with E-state index in [1.807, 2.05) is 48.5 Å². The van der Waals surface area contributed by atoms with E-state index < -0.39 is 5.97 Å². The van der Waals surface area contributed by atoms with Gasteiger partial charge < -0.3 is 19.9 Å². The van der Waals surface area contributed by atoms with Crippen LogP contribution in [0.2, 0.25) is 5.02 Å². The quantitative estimate of drug-likeness (QED) is 0.172. The lowest BCUT2D eigenvalue weighted by Gasteiger charge is -2.17. The van der Waals surface area contributed by atoms with E-state index >= 15 is 0 Å². The second kappa shape index (κ2) is 12.3. The summed E-state index contributed by atoms with van der Waals surface area (Å²) in [5, 5.41) is 20.0. The van der Waals surface area contributed by atoms with Crippen molar-refractivity contribution < 1.29 is 24.0 Å². The fraction of sp³-hybridized carbons (Fsp3) is 0.138. The minimum atomic E-state index is -0.957. The Morgan fingerprint density at radius 1 is 0.897 bits per heavy atom. The van der Waals surface area contributed by atoms with E-state index in [1.54, 1.807) is 18.2 Å². The van der Waals surface area contributed by atoms with Gasteiger partial charge in [0.2, 0.25) is 0 Å². The second-order valence-corrected chi connectivity index (χ2v) is 9.90. The van der Waals surface area contributed by atoms with Crippen molar-refractivity contribution in [1.29, 1.82) is 0 Å². The molecule has 0 saturated carbocycles. The molecule has 10 heteroatoms. The molecule has 5 aromatic rings. The van der Waals surface area contributed by atoms with Crippen LogP contribution in [0.1, 0.15) is 16.7 Å². The number of fused-ring (bicyclic) bond motifs is 1. The van der Waals surface area contributed by atoms with Crippen LogP contribution in [0.4, 0.5) is 0 Å². The zero-order chi connectivity index (χ0) is 27.2. The number of carbonyl (C=O) groups is 1. The van der Waals surface area contributed by atoms with Crippen molar-refractivity contribution >= 4 is 44.5 Å². The zero-order valence-corrected chi connectivity index (χ0v) is 22.9. The van der Waals surface area contributed by atoms with Gasteiger partial charge in [0.05, 0.1) is 11.6 Å². The van der Waals surface area contributed by atoms with Gasteiger partial charge in [0.25, 0.3) is 0 Å². The summed E-state index contributed by atoms with van der Waals surface area (Å²) in [5.41, 5.74) is 5.96. The maximum atomic E-state index is 11.0. The summed E-state index contributed by atoms with van der Waals surface area (Å²) in [6.07, 6.45) is 0. The maximum Gasteiger partial charge on any atom is 0.317 e. The predicted molar refractivity (Wildman–Crippen MR) is 151 cm³/mol. The number of carboxylic acids is 1. The molecule has 0 fully saturated rings. The van der Waals surface area contributed by atoms with Crippen LogP contribution in [0.5, 0.6) is 11.5 Å². The summed E-state index contributed by atoms with van der Waals surface area (Å²) in [4.78, 5) is 11.0. The van der Waals surface area contributed by atoms with Gasteiger partial charge in [0.15, 0.2) is 0 Å². The molecule has 39 heavy (non-hydrogen) atoms. The lowest BCUT2D eigenvalue weighted by molar-refractivity contribution is -0.136. The number of nitrogens with one attached hydrogen (secondary N) is 1. The van der Waals surface area contributed by atoms with Crippen LogP contribution >= 0.6 is 27.5 Å². The molecule has 8 nitrogen and oxygen atoms in total. The number of carboxylic acid groups (broad SMARTS) is 1. The van der Waals surface area contributed by atoms with Crippen molar-refractivity contribution in [1.82, 2.24) is 15.6 Å². The SMILES string of the molecule is O=C(O)CNCc1cc(Cl)c(OCc2cccc(-c3ccccc3)c2Br)cc1OCc1ccc2nonc2c1. The maximum absolute atomic E-state index is 11.0. The first-order valence-corrected chi connectivity index (χ1v) is 13.2. The average molecular weight is 609 g/mol. The number of benzene rings is 4. The summed E-state index contributed by atoms with van der Waals surface area (Å²) in [6.45, 7) is 0.558. The number of ether oxygens (including phenoxy) is 2. The van der Waals surface area contributed by atoms with Crippen LogP contribution in [0, 0.1) is 0 Å². The standard InChI is InChI=1S/C29H23BrClN3O5/c30-29-20(7-4-8-22(29)19-5-2-1-3-6-19)17-38-27-13-26(21(12-23(27)31)14-32-15-28(35)36)37-16-18-9-10-24-25(11-18)34-39-33-24/h1-13,32H,14-17H2,(H,35,36). The molecule has 0 atom stereocenters. The number of rotatable bonds is 11. The van der Waals surface area contributed by atoms with Gasteiger partial charge in [0.1, 0.15) is 35.7 Å². The number of aliphatic carboxylic acids is 1. The summed E-state index contributed by atoms with van der Waals surface area (Å²) in [7, 11) is 0. The Balaban J connectivity index is 1.36. The van der Waals surface area contributed by atoms with Crippen LogP contribution < -0.4 is 14.8 Å². The molecule has 0 aliphatic carbocycles. The fourth-order valence-corrected chi connectivity index (χ4v) is 4.88. The molecule has 1 aromatic heterocycles. The highest BCUT2D eigenvalue weighted by molar-refractivity contribution is 9.10. The van der Waals surface area contributed by atoms with Crippen molar-refractivity contribution in [2.24, 2.45) is 0 Å². The molecule has 1 heterocycles. The summed E-state index contributed by atoms with van der Waals surface area (Å²) < 4.78 is 18.0. The van der Waals surface area contributed by atoms with E-state index in [2.05, 4.69) is 43.7 Å². The number of nitrogens with zero attached hydrogens (tertiary/aromatic N) is 2. The first-order valence-electron chi connectivity index (χ1n) is 12.0. The van der Waals surface area contributed by atoms with Crippen LogP contribution in [-0.4, -0.2) is 27.9 Å². The van der Waals surface area contributed by atoms with Gasteiger partial charge >= 0.3 is 5.97 Å². The van der Waals surface area contributed by atoms with Gasteiger partial charge in [-0.2, -0.15) is 0 Å². The average Bonchev–Trinajstić information content (AvgIpc) is 3.41. The minimum Gasteiger partial charge on any atom is -0.488 e. The molecule has 0 spiro atoms. The van der Waals surface area contributed by atoms with Crippen LogP contribution in [0.3, 0.4) is 0 Å². The Morgan fingerprint density at radius 3 is 2.51 bits per heavy atom. The molecule has 2 N–H and O–H groups in total. The van der Waals surface area contributed by atoms with Gasteiger partial charge in [-0.1, -0.05) is 66.2 Å².